The number of rotatable bonds is 7. The van der Waals surface area contributed by atoms with Gasteiger partial charge in [-0.1, -0.05) is 12.1 Å². The average molecular weight is 420 g/mol. The highest BCUT2D eigenvalue weighted by Crippen LogP contribution is 2.22. The number of para-hydroxylation sites is 2. The lowest BCUT2D eigenvalue weighted by atomic mass is 10.2. The van der Waals surface area contributed by atoms with Gasteiger partial charge in [0.2, 0.25) is 0 Å². The highest BCUT2D eigenvalue weighted by atomic mass is 127. The van der Waals surface area contributed by atoms with Crippen LogP contribution in [-0.4, -0.2) is 43.1 Å². The fourth-order valence-electron chi connectivity index (χ4n) is 2.32. The van der Waals surface area contributed by atoms with Gasteiger partial charge in [0, 0.05) is 18.6 Å². The second kappa shape index (κ2) is 10.7. The first-order valence-electron chi connectivity index (χ1n) is 7.41. The van der Waals surface area contributed by atoms with Crippen LogP contribution >= 0.6 is 24.0 Å². The number of methoxy groups -OCH3 is 1. The molecule has 1 rings (SSSR count). The van der Waals surface area contributed by atoms with Crippen LogP contribution < -0.4 is 15.8 Å². The van der Waals surface area contributed by atoms with Gasteiger partial charge in [0.25, 0.3) is 0 Å². The number of guanidine groups is 1. The van der Waals surface area contributed by atoms with E-state index in [2.05, 4.69) is 42.9 Å². The minimum absolute atomic E-state index is 0. The third-order valence-electron chi connectivity index (χ3n) is 3.34. The number of halogens is 1. The minimum atomic E-state index is 0. The summed E-state index contributed by atoms with van der Waals surface area (Å²) in [7, 11) is 1.64. The van der Waals surface area contributed by atoms with Crippen molar-refractivity contribution in [1.29, 1.82) is 0 Å². The number of benzene rings is 1. The maximum absolute atomic E-state index is 5.93. The summed E-state index contributed by atoms with van der Waals surface area (Å²) in [6, 6.07) is 8.65. The van der Waals surface area contributed by atoms with Crippen molar-refractivity contribution in [2.75, 3.05) is 25.5 Å². The molecule has 0 spiro atoms. The van der Waals surface area contributed by atoms with E-state index in [1.165, 1.54) is 0 Å². The minimum Gasteiger partial charge on any atom is -0.495 e. The van der Waals surface area contributed by atoms with Gasteiger partial charge in [0.05, 0.1) is 19.3 Å². The molecule has 0 aliphatic rings. The Bertz CT molecular complexity index is 455. The predicted octanol–water partition coefficient (Wildman–Crippen LogP) is 3.16. The number of hydrogen-bond acceptors (Lipinski definition) is 3. The van der Waals surface area contributed by atoms with Gasteiger partial charge < -0.3 is 15.8 Å². The Morgan fingerprint density at radius 2 is 1.82 bits per heavy atom. The summed E-state index contributed by atoms with van der Waals surface area (Å²) >= 11 is 0. The van der Waals surface area contributed by atoms with Crippen molar-refractivity contribution in [2.24, 2.45) is 10.7 Å². The van der Waals surface area contributed by atoms with E-state index < -0.39 is 0 Å². The fourth-order valence-corrected chi connectivity index (χ4v) is 2.32. The highest BCUT2D eigenvalue weighted by Gasteiger charge is 2.12. The molecule has 0 aliphatic carbocycles. The molecule has 0 saturated carbocycles. The molecule has 0 fully saturated rings. The number of nitrogens with zero attached hydrogens (tertiary/aromatic N) is 2. The van der Waals surface area contributed by atoms with Crippen LogP contribution in [0.15, 0.2) is 29.3 Å². The van der Waals surface area contributed by atoms with E-state index in [4.69, 9.17) is 10.5 Å². The summed E-state index contributed by atoms with van der Waals surface area (Å²) in [6.45, 7) is 10.3. The van der Waals surface area contributed by atoms with Crippen LogP contribution in [0, 0.1) is 0 Å². The van der Waals surface area contributed by atoms with Crippen molar-refractivity contribution in [3.8, 4) is 5.75 Å². The molecule has 22 heavy (non-hydrogen) atoms. The Morgan fingerprint density at radius 1 is 1.23 bits per heavy atom. The molecular formula is C16H29IN4O. The molecule has 0 bridgehead atoms. The number of ether oxygens (including phenoxy) is 1. The second-order valence-corrected chi connectivity index (χ2v) is 5.52. The number of aliphatic imine (C=N–C) groups is 1. The quantitative estimate of drug-likeness (QED) is 0.404. The zero-order valence-electron chi connectivity index (χ0n) is 14.2. The van der Waals surface area contributed by atoms with E-state index in [1.54, 1.807) is 7.11 Å². The smallest absolute Gasteiger partial charge is 0.193 e. The lowest BCUT2D eigenvalue weighted by Gasteiger charge is -2.29. The van der Waals surface area contributed by atoms with Crippen LogP contribution in [0.2, 0.25) is 0 Å². The van der Waals surface area contributed by atoms with Gasteiger partial charge in [0.15, 0.2) is 5.96 Å². The Hall–Kier alpha value is -1.02. The maximum atomic E-state index is 5.93. The molecule has 0 aromatic heterocycles. The molecule has 0 atom stereocenters. The molecule has 0 amide bonds. The largest absolute Gasteiger partial charge is 0.495 e. The summed E-state index contributed by atoms with van der Waals surface area (Å²) < 4.78 is 5.27. The number of hydrogen-bond donors (Lipinski definition) is 2. The predicted molar refractivity (Wildman–Crippen MR) is 105 cm³/mol. The lowest BCUT2D eigenvalue weighted by molar-refractivity contribution is 0.181. The van der Waals surface area contributed by atoms with E-state index in [9.17, 15) is 0 Å². The van der Waals surface area contributed by atoms with Crippen molar-refractivity contribution >= 4 is 35.6 Å². The Kier molecular flexibility index (Phi) is 10.2. The normalized spacial score (nSPS) is 11.7. The van der Waals surface area contributed by atoms with Crippen LogP contribution in [0.1, 0.15) is 27.7 Å². The Balaban J connectivity index is 0.00000441. The Labute approximate surface area is 151 Å². The molecule has 5 nitrogen and oxygen atoms in total. The van der Waals surface area contributed by atoms with Gasteiger partial charge in [0.1, 0.15) is 5.75 Å². The number of nitrogens with two attached hydrogens (primary N) is 1. The third kappa shape index (κ3) is 6.83. The molecular weight excluding hydrogens is 391 g/mol. The average Bonchev–Trinajstić information content (AvgIpc) is 2.43. The summed E-state index contributed by atoms with van der Waals surface area (Å²) in [5.74, 6) is 1.16. The summed E-state index contributed by atoms with van der Waals surface area (Å²) in [4.78, 5) is 6.77. The van der Waals surface area contributed by atoms with Crippen molar-refractivity contribution < 1.29 is 4.74 Å². The van der Waals surface area contributed by atoms with Gasteiger partial charge in [-0.25, -0.2) is 0 Å². The SMILES string of the molecule is COc1ccccc1NC(N)=NCCN(C(C)C)C(C)C.I. The van der Waals surface area contributed by atoms with E-state index in [0.29, 0.717) is 24.6 Å². The van der Waals surface area contributed by atoms with Gasteiger partial charge in [-0.05, 0) is 39.8 Å². The van der Waals surface area contributed by atoms with E-state index >= 15 is 0 Å². The summed E-state index contributed by atoms with van der Waals surface area (Å²) in [5.41, 5.74) is 6.76. The number of nitrogens with one attached hydrogen (secondary N) is 1. The van der Waals surface area contributed by atoms with Gasteiger partial charge in [-0.3, -0.25) is 9.89 Å². The molecule has 0 unspecified atom stereocenters. The molecule has 6 heteroatoms. The monoisotopic (exact) mass is 420 g/mol. The van der Waals surface area contributed by atoms with E-state index in [-0.39, 0.29) is 24.0 Å². The molecule has 1 aromatic rings. The van der Waals surface area contributed by atoms with E-state index in [0.717, 1.165) is 18.0 Å². The van der Waals surface area contributed by atoms with Gasteiger partial charge in [-0.15, -0.1) is 24.0 Å². The zero-order valence-corrected chi connectivity index (χ0v) is 16.5. The van der Waals surface area contributed by atoms with Crippen molar-refractivity contribution in [3.05, 3.63) is 24.3 Å². The number of anilines is 1. The van der Waals surface area contributed by atoms with Gasteiger partial charge in [-0.2, -0.15) is 0 Å². The lowest BCUT2D eigenvalue weighted by Crippen LogP contribution is -2.39. The van der Waals surface area contributed by atoms with E-state index in [1.807, 2.05) is 24.3 Å². The topological polar surface area (TPSA) is 62.9 Å². The molecule has 0 saturated heterocycles. The first-order chi connectivity index (χ1) is 9.95. The summed E-state index contributed by atoms with van der Waals surface area (Å²) in [5, 5.41) is 3.08. The molecule has 1 aromatic carbocycles. The van der Waals surface area contributed by atoms with Crippen molar-refractivity contribution in [1.82, 2.24) is 4.90 Å². The Morgan fingerprint density at radius 3 is 2.36 bits per heavy atom. The standard InChI is InChI=1S/C16H28N4O.HI/c1-12(2)20(13(3)4)11-10-18-16(17)19-14-8-6-7-9-15(14)21-5;/h6-9,12-13H,10-11H2,1-5H3,(H3,17,18,19);1H. The first-order valence-corrected chi connectivity index (χ1v) is 7.41. The summed E-state index contributed by atoms with van der Waals surface area (Å²) in [6.07, 6.45) is 0. The first kappa shape index (κ1) is 21.0. The van der Waals surface area contributed by atoms with Crippen molar-refractivity contribution in [3.63, 3.8) is 0 Å². The third-order valence-corrected chi connectivity index (χ3v) is 3.34. The molecule has 3 N–H and O–H groups in total. The second-order valence-electron chi connectivity index (χ2n) is 5.52. The zero-order chi connectivity index (χ0) is 15.8. The van der Waals surface area contributed by atoms with Crippen LogP contribution in [0.5, 0.6) is 5.75 Å². The van der Waals surface area contributed by atoms with Crippen LogP contribution in [0.25, 0.3) is 0 Å². The molecule has 126 valence electrons. The maximum Gasteiger partial charge on any atom is 0.193 e. The fraction of sp³-hybridized carbons (Fsp3) is 0.562. The van der Waals surface area contributed by atoms with Crippen LogP contribution in [0.4, 0.5) is 5.69 Å². The molecule has 0 heterocycles. The van der Waals surface area contributed by atoms with Crippen LogP contribution in [0.3, 0.4) is 0 Å². The van der Waals surface area contributed by atoms with Crippen molar-refractivity contribution in [2.45, 2.75) is 39.8 Å². The van der Waals surface area contributed by atoms with Crippen LogP contribution in [-0.2, 0) is 0 Å². The molecule has 0 radical (unpaired) electrons. The molecule has 0 aliphatic heterocycles. The van der Waals surface area contributed by atoms with Gasteiger partial charge >= 0.3 is 0 Å². The highest BCUT2D eigenvalue weighted by molar-refractivity contribution is 14.0.